The maximum Gasteiger partial charge on any atom is 0.313 e. The highest BCUT2D eigenvalue weighted by molar-refractivity contribution is 7.89. The number of carbonyl (C=O) groups is 2. The van der Waals surface area contributed by atoms with Crippen LogP contribution in [0.2, 0.25) is 0 Å². The quantitative estimate of drug-likeness (QED) is 0.664. The van der Waals surface area contributed by atoms with Crippen molar-refractivity contribution in [2.24, 2.45) is 0 Å². The second-order valence-corrected chi connectivity index (χ2v) is 9.40. The van der Waals surface area contributed by atoms with Crippen molar-refractivity contribution in [3.05, 3.63) is 53.6 Å². The number of amides is 2. The molecule has 8 nitrogen and oxygen atoms in total. The van der Waals surface area contributed by atoms with Gasteiger partial charge in [-0.15, -0.1) is 0 Å². The minimum absolute atomic E-state index is 0.0578. The number of hydrogen-bond donors (Lipinski definition) is 2. The van der Waals surface area contributed by atoms with Crippen molar-refractivity contribution in [2.45, 2.75) is 37.6 Å². The number of anilines is 1. The summed E-state index contributed by atoms with van der Waals surface area (Å²) in [6.45, 7) is 4.05. The predicted octanol–water partition coefficient (Wildman–Crippen LogP) is 2.22. The number of rotatable bonds is 6. The Balaban J connectivity index is 1.66. The molecule has 1 atom stereocenters. The van der Waals surface area contributed by atoms with Gasteiger partial charge in [0.15, 0.2) is 0 Å². The molecule has 166 valence electrons. The average molecular weight is 446 g/mol. The molecule has 0 saturated carbocycles. The van der Waals surface area contributed by atoms with Gasteiger partial charge in [0.2, 0.25) is 10.0 Å². The van der Waals surface area contributed by atoms with E-state index in [-0.39, 0.29) is 11.4 Å². The molecule has 1 aliphatic rings. The van der Waals surface area contributed by atoms with Crippen LogP contribution in [0.1, 0.15) is 24.0 Å². The van der Waals surface area contributed by atoms with Crippen LogP contribution in [0.5, 0.6) is 5.75 Å². The fourth-order valence-corrected chi connectivity index (χ4v) is 5.66. The van der Waals surface area contributed by atoms with Gasteiger partial charge in [-0.25, -0.2) is 8.42 Å². The van der Waals surface area contributed by atoms with Crippen LogP contribution in [-0.4, -0.2) is 50.8 Å². The van der Waals surface area contributed by atoms with Crippen molar-refractivity contribution in [1.29, 1.82) is 0 Å². The molecule has 1 fully saturated rings. The van der Waals surface area contributed by atoms with Crippen molar-refractivity contribution in [3.63, 3.8) is 0 Å². The Morgan fingerprint density at radius 1 is 1.13 bits per heavy atom. The standard InChI is InChI=1S/C22H27N3O5S/c1-15-10-11-16(2)20(13-15)31(28,29)25-12-6-7-17(25)14-23-21(26)22(27)24-18-8-4-5-9-19(18)30-3/h4-5,8-11,13,17H,6-7,12,14H2,1-3H3,(H,23,26)(H,24,27). The molecule has 2 N–H and O–H groups in total. The second-order valence-electron chi connectivity index (χ2n) is 7.55. The Morgan fingerprint density at radius 2 is 1.87 bits per heavy atom. The van der Waals surface area contributed by atoms with Gasteiger partial charge in [0.25, 0.3) is 0 Å². The lowest BCUT2D eigenvalue weighted by molar-refractivity contribution is -0.136. The summed E-state index contributed by atoms with van der Waals surface area (Å²) in [4.78, 5) is 24.8. The number of benzene rings is 2. The van der Waals surface area contributed by atoms with Gasteiger partial charge in [0.05, 0.1) is 17.7 Å². The molecule has 1 unspecified atom stereocenters. The lowest BCUT2D eigenvalue weighted by atomic mass is 10.2. The molecule has 3 rings (SSSR count). The van der Waals surface area contributed by atoms with E-state index in [1.165, 1.54) is 11.4 Å². The van der Waals surface area contributed by atoms with Crippen molar-refractivity contribution < 1.29 is 22.7 Å². The number of nitrogens with one attached hydrogen (secondary N) is 2. The van der Waals surface area contributed by atoms with Crippen molar-refractivity contribution in [3.8, 4) is 5.75 Å². The molecular formula is C22H27N3O5S. The molecule has 31 heavy (non-hydrogen) atoms. The topological polar surface area (TPSA) is 105 Å². The van der Waals surface area contributed by atoms with Crippen LogP contribution in [-0.2, 0) is 19.6 Å². The lowest BCUT2D eigenvalue weighted by Gasteiger charge is -2.25. The number of ether oxygens (including phenoxy) is 1. The molecule has 0 bridgehead atoms. The summed E-state index contributed by atoms with van der Waals surface area (Å²) in [6.07, 6.45) is 1.30. The number of hydrogen-bond acceptors (Lipinski definition) is 5. The van der Waals surface area contributed by atoms with Gasteiger partial charge in [-0.2, -0.15) is 4.31 Å². The average Bonchev–Trinajstić information content (AvgIpc) is 3.23. The van der Waals surface area contributed by atoms with E-state index in [1.54, 1.807) is 43.3 Å². The third kappa shape index (κ3) is 5.05. The largest absolute Gasteiger partial charge is 0.495 e. The zero-order valence-corrected chi connectivity index (χ0v) is 18.7. The van der Waals surface area contributed by atoms with Crippen LogP contribution in [0.4, 0.5) is 5.69 Å². The third-order valence-corrected chi connectivity index (χ3v) is 7.41. The molecule has 0 radical (unpaired) electrons. The Hall–Kier alpha value is -2.91. The highest BCUT2D eigenvalue weighted by atomic mass is 32.2. The van der Waals surface area contributed by atoms with Crippen LogP contribution < -0.4 is 15.4 Å². The maximum absolute atomic E-state index is 13.2. The van der Waals surface area contributed by atoms with Gasteiger partial charge in [-0.05, 0) is 56.0 Å². The molecule has 2 amide bonds. The van der Waals surface area contributed by atoms with Crippen LogP contribution >= 0.6 is 0 Å². The third-order valence-electron chi connectivity index (χ3n) is 5.31. The van der Waals surface area contributed by atoms with Gasteiger partial charge in [-0.1, -0.05) is 24.3 Å². The Kier molecular flexibility index (Phi) is 6.97. The Labute approximate surface area is 182 Å². The van der Waals surface area contributed by atoms with E-state index in [4.69, 9.17) is 4.74 Å². The van der Waals surface area contributed by atoms with E-state index in [0.717, 1.165) is 5.56 Å². The predicted molar refractivity (Wildman–Crippen MR) is 117 cm³/mol. The van der Waals surface area contributed by atoms with E-state index >= 15 is 0 Å². The lowest BCUT2D eigenvalue weighted by Crippen LogP contribution is -2.45. The molecule has 9 heteroatoms. The SMILES string of the molecule is COc1ccccc1NC(=O)C(=O)NCC1CCCN1S(=O)(=O)c1cc(C)ccc1C. The summed E-state index contributed by atoms with van der Waals surface area (Å²) < 4.78 is 33.0. The van der Waals surface area contributed by atoms with Crippen LogP contribution in [0.15, 0.2) is 47.4 Å². The van der Waals surface area contributed by atoms with E-state index in [2.05, 4.69) is 10.6 Å². The van der Waals surface area contributed by atoms with Crippen LogP contribution in [0.25, 0.3) is 0 Å². The first-order valence-corrected chi connectivity index (χ1v) is 11.5. The van der Waals surface area contributed by atoms with Crippen LogP contribution in [0.3, 0.4) is 0 Å². The summed E-state index contributed by atoms with van der Waals surface area (Å²) in [7, 11) is -2.23. The highest BCUT2D eigenvalue weighted by Crippen LogP contribution is 2.28. The monoisotopic (exact) mass is 445 g/mol. The van der Waals surface area contributed by atoms with Crippen LogP contribution in [0, 0.1) is 13.8 Å². The van der Waals surface area contributed by atoms with Gasteiger partial charge >= 0.3 is 11.8 Å². The maximum atomic E-state index is 13.2. The van der Waals surface area contributed by atoms with Gasteiger partial charge in [0, 0.05) is 19.1 Å². The van der Waals surface area contributed by atoms with Gasteiger partial charge in [-0.3, -0.25) is 9.59 Å². The number of aryl methyl sites for hydroxylation is 2. The summed E-state index contributed by atoms with van der Waals surface area (Å²) in [6, 6.07) is 11.7. The first-order chi connectivity index (χ1) is 14.7. The van der Waals surface area contributed by atoms with Gasteiger partial charge < -0.3 is 15.4 Å². The molecule has 1 saturated heterocycles. The number of para-hydroxylation sites is 2. The summed E-state index contributed by atoms with van der Waals surface area (Å²) in [5, 5.41) is 5.07. The fourth-order valence-electron chi connectivity index (χ4n) is 3.66. The molecule has 1 heterocycles. The molecule has 1 aliphatic heterocycles. The summed E-state index contributed by atoms with van der Waals surface area (Å²) in [5.41, 5.74) is 1.92. The minimum Gasteiger partial charge on any atom is -0.495 e. The fraction of sp³-hybridized carbons (Fsp3) is 0.364. The van der Waals surface area contributed by atoms with E-state index < -0.39 is 27.9 Å². The first-order valence-electron chi connectivity index (χ1n) is 10.1. The number of sulfonamides is 1. The molecule has 0 spiro atoms. The zero-order valence-electron chi connectivity index (χ0n) is 17.8. The molecule has 2 aromatic rings. The molecule has 0 aromatic heterocycles. The molecular weight excluding hydrogens is 418 g/mol. The normalized spacial score (nSPS) is 16.7. The van der Waals surface area contributed by atoms with Crippen molar-refractivity contribution >= 4 is 27.5 Å². The highest BCUT2D eigenvalue weighted by Gasteiger charge is 2.36. The number of carbonyl (C=O) groups excluding carboxylic acids is 2. The summed E-state index contributed by atoms with van der Waals surface area (Å²) >= 11 is 0. The number of nitrogens with zero attached hydrogens (tertiary/aromatic N) is 1. The minimum atomic E-state index is -3.70. The molecule has 2 aromatic carbocycles. The van der Waals surface area contributed by atoms with E-state index in [9.17, 15) is 18.0 Å². The van der Waals surface area contributed by atoms with E-state index in [1.807, 2.05) is 13.0 Å². The number of methoxy groups -OCH3 is 1. The van der Waals surface area contributed by atoms with Crippen molar-refractivity contribution in [2.75, 3.05) is 25.5 Å². The first kappa shape index (κ1) is 22.8. The Morgan fingerprint density at radius 3 is 2.61 bits per heavy atom. The van der Waals surface area contributed by atoms with E-state index in [0.29, 0.717) is 36.4 Å². The zero-order chi connectivity index (χ0) is 22.6. The smallest absolute Gasteiger partial charge is 0.313 e. The second kappa shape index (κ2) is 9.49. The van der Waals surface area contributed by atoms with Gasteiger partial charge in [0.1, 0.15) is 5.75 Å². The summed E-state index contributed by atoms with van der Waals surface area (Å²) in [5.74, 6) is -1.24. The Bertz CT molecular complexity index is 1080. The molecule has 0 aliphatic carbocycles. The van der Waals surface area contributed by atoms with Crippen molar-refractivity contribution in [1.82, 2.24) is 9.62 Å².